The molecule has 0 aliphatic rings. The van der Waals surface area contributed by atoms with E-state index in [1.807, 2.05) is 24.4 Å². The highest BCUT2D eigenvalue weighted by Gasteiger charge is 2.14. The molecule has 100 valence electrons. The van der Waals surface area contributed by atoms with Gasteiger partial charge in [0.2, 0.25) is 0 Å². The molecule has 0 aliphatic carbocycles. The summed E-state index contributed by atoms with van der Waals surface area (Å²) in [5.41, 5.74) is 8.06. The molecule has 1 aromatic heterocycles. The van der Waals surface area contributed by atoms with Gasteiger partial charge in [-0.15, -0.1) is 0 Å². The minimum Gasteiger partial charge on any atom is -0.330 e. The van der Waals surface area contributed by atoms with E-state index in [1.54, 1.807) is 0 Å². The first-order chi connectivity index (χ1) is 9.24. The summed E-state index contributed by atoms with van der Waals surface area (Å²) in [5, 5.41) is 0. The quantitative estimate of drug-likeness (QED) is 0.914. The number of hydrogen-bond donors (Lipinski definition) is 1. The van der Waals surface area contributed by atoms with Crippen LogP contribution in [-0.4, -0.2) is 18.1 Å². The van der Waals surface area contributed by atoms with Crippen LogP contribution in [0.15, 0.2) is 47.1 Å². The summed E-state index contributed by atoms with van der Waals surface area (Å²) in [4.78, 5) is 6.70. The predicted molar refractivity (Wildman–Crippen MR) is 83.8 cm³/mol. The van der Waals surface area contributed by atoms with Gasteiger partial charge in [-0.25, -0.2) is 4.98 Å². The van der Waals surface area contributed by atoms with Crippen molar-refractivity contribution in [3.05, 3.63) is 52.6 Å². The monoisotopic (exact) mass is 319 g/mol. The van der Waals surface area contributed by atoms with E-state index in [2.05, 4.69) is 50.9 Å². The van der Waals surface area contributed by atoms with Crippen molar-refractivity contribution in [2.75, 3.05) is 18.0 Å². The van der Waals surface area contributed by atoms with Gasteiger partial charge in [0.25, 0.3) is 0 Å². The number of halogens is 1. The Morgan fingerprint density at radius 3 is 2.68 bits per heavy atom. The van der Waals surface area contributed by atoms with E-state index in [0.717, 1.165) is 23.3 Å². The van der Waals surface area contributed by atoms with Gasteiger partial charge in [-0.05, 0) is 59.6 Å². The lowest BCUT2D eigenvalue weighted by atomic mass is 10.1. The smallest absolute Gasteiger partial charge is 0.147 e. The Morgan fingerprint density at radius 1 is 1.21 bits per heavy atom. The molecule has 0 amide bonds. The predicted octanol–water partition coefficient (Wildman–Crippen LogP) is 3.64. The van der Waals surface area contributed by atoms with Gasteiger partial charge in [0, 0.05) is 18.4 Å². The van der Waals surface area contributed by atoms with Gasteiger partial charge in [0.1, 0.15) is 5.82 Å². The van der Waals surface area contributed by atoms with Crippen LogP contribution in [0.25, 0.3) is 0 Å². The van der Waals surface area contributed by atoms with Crippen molar-refractivity contribution in [1.82, 2.24) is 4.98 Å². The molecular weight excluding hydrogens is 302 g/mol. The molecule has 0 fully saturated rings. The van der Waals surface area contributed by atoms with Crippen LogP contribution in [0.3, 0.4) is 0 Å². The summed E-state index contributed by atoms with van der Waals surface area (Å²) < 4.78 is 0.996. The average Bonchev–Trinajstić information content (AvgIpc) is 2.42. The highest BCUT2D eigenvalue weighted by molar-refractivity contribution is 9.10. The van der Waals surface area contributed by atoms with Crippen molar-refractivity contribution in [1.29, 1.82) is 0 Å². The minimum absolute atomic E-state index is 0.673. The fourth-order valence-corrected chi connectivity index (χ4v) is 2.50. The topological polar surface area (TPSA) is 42.1 Å². The highest BCUT2D eigenvalue weighted by atomic mass is 79.9. The minimum atomic E-state index is 0.673. The van der Waals surface area contributed by atoms with Crippen LogP contribution < -0.4 is 10.6 Å². The molecule has 0 saturated heterocycles. The molecule has 0 spiro atoms. The summed E-state index contributed by atoms with van der Waals surface area (Å²) in [6.45, 7) is 3.64. The zero-order chi connectivity index (χ0) is 13.7. The molecule has 2 aromatic rings. The van der Waals surface area contributed by atoms with E-state index in [0.29, 0.717) is 6.54 Å². The molecule has 3 nitrogen and oxygen atoms in total. The Balaban J connectivity index is 2.42. The molecule has 1 aromatic carbocycles. The number of hydrogen-bond acceptors (Lipinski definition) is 3. The molecule has 2 N–H and O–H groups in total. The second-order valence-corrected chi connectivity index (χ2v) is 5.24. The van der Waals surface area contributed by atoms with Gasteiger partial charge >= 0.3 is 0 Å². The summed E-state index contributed by atoms with van der Waals surface area (Å²) in [7, 11) is 0. The fraction of sp³-hybridized carbons (Fsp3) is 0.267. The highest BCUT2D eigenvalue weighted by Crippen LogP contribution is 2.31. The van der Waals surface area contributed by atoms with E-state index in [1.165, 1.54) is 11.3 Å². The molecule has 0 bridgehead atoms. The number of para-hydroxylation sites is 1. The Bertz CT molecular complexity index is 497. The van der Waals surface area contributed by atoms with Crippen LogP contribution >= 0.6 is 15.9 Å². The number of benzene rings is 1. The normalized spacial score (nSPS) is 10.5. The number of anilines is 2. The van der Waals surface area contributed by atoms with Crippen LogP contribution in [0.4, 0.5) is 11.5 Å². The van der Waals surface area contributed by atoms with E-state index in [4.69, 9.17) is 5.73 Å². The summed E-state index contributed by atoms with van der Waals surface area (Å²) >= 11 is 3.58. The van der Waals surface area contributed by atoms with Gasteiger partial charge in [-0.2, -0.15) is 0 Å². The summed E-state index contributed by atoms with van der Waals surface area (Å²) in [6, 6.07) is 12.3. The van der Waals surface area contributed by atoms with Crippen LogP contribution in [0.2, 0.25) is 0 Å². The van der Waals surface area contributed by atoms with Crippen molar-refractivity contribution in [2.24, 2.45) is 5.73 Å². The first-order valence-electron chi connectivity index (χ1n) is 6.38. The van der Waals surface area contributed by atoms with Gasteiger partial charge in [0.15, 0.2) is 0 Å². The second-order valence-electron chi connectivity index (χ2n) is 4.39. The number of pyridine rings is 1. The van der Waals surface area contributed by atoms with E-state index >= 15 is 0 Å². The first kappa shape index (κ1) is 14.0. The molecule has 0 saturated carbocycles. The van der Waals surface area contributed by atoms with Crippen LogP contribution in [0, 0.1) is 6.92 Å². The number of aryl methyl sites for hydroxylation is 1. The number of nitrogens with zero attached hydrogens (tertiary/aromatic N) is 2. The molecule has 2 rings (SSSR count). The third-order valence-corrected chi connectivity index (χ3v) is 3.61. The third-order valence-electron chi connectivity index (χ3n) is 2.99. The molecular formula is C15H18BrN3. The largest absolute Gasteiger partial charge is 0.330 e. The lowest BCUT2D eigenvalue weighted by Crippen LogP contribution is -2.23. The fourth-order valence-electron chi connectivity index (χ4n) is 2.03. The Kier molecular flexibility index (Phi) is 4.93. The molecule has 4 heteroatoms. The maximum Gasteiger partial charge on any atom is 0.147 e. The average molecular weight is 320 g/mol. The van der Waals surface area contributed by atoms with Crippen LogP contribution in [0.5, 0.6) is 0 Å². The van der Waals surface area contributed by atoms with Crippen molar-refractivity contribution >= 4 is 27.4 Å². The molecule has 0 radical (unpaired) electrons. The number of aromatic nitrogens is 1. The lowest BCUT2D eigenvalue weighted by Gasteiger charge is -2.26. The molecule has 19 heavy (non-hydrogen) atoms. The summed E-state index contributed by atoms with van der Waals surface area (Å²) in [5.74, 6) is 0.935. The SMILES string of the molecule is Cc1ccccc1N(CCCN)c1ncccc1Br. The van der Waals surface area contributed by atoms with Crippen molar-refractivity contribution in [2.45, 2.75) is 13.3 Å². The van der Waals surface area contributed by atoms with Gasteiger partial charge in [0.05, 0.1) is 4.47 Å². The number of rotatable bonds is 5. The van der Waals surface area contributed by atoms with Crippen molar-refractivity contribution < 1.29 is 0 Å². The molecule has 1 heterocycles. The summed E-state index contributed by atoms with van der Waals surface area (Å²) in [6.07, 6.45) is 2.74. The van der Waals surface area contributed by atoms with Crippen LogP contribution in [0.1, 0.15) is 12.0 Å². The molecule has 0 unspecified atom stereocenters. The van der Waals surface area contributed by atoms with E-state index < -0.39 is 0 Å². The Hall–Kier alpha value is -1.39. The van der Waals surface area contributed by atoms with Crippen molar-refractivity contribution in [3.8, 4) is 0 Å². The van der Waals surface area contributed by atoms with Gasteiger partial charge in [-0.1, -0.05) is 18.2 Å². The third kappa shape index (κ3) is 3.33. The van der Waals surface area contributed by atoms with E-state index in [-0.39, 0.29) is 0 Å². The zero-order valence-corrected chi connectivity index (χ0v) is 12.6. The maximum absolute atomic E-state index is 5.65. The Labute approximate surface area is 122 Å². The van der Waals surface area contributed by atoms with Crippen LogP contribution in [-0.2, 0) is 0 Å². The second kappa shape index (κ2) is 6.68. The molecule has 0 atom stereocenters. The lowest BCUT2D eigenvalue weighted by molar-refractivity contribution is 0.807. The van der Waals surface area contributed by atoms with Gasteiger partial charge < -0.3 is 10.6 Å². The Morgan fingerprint density at radius 2 is 2.00 bits per heavy atom. The maximum atomic E-state index is 5.65. The standard InChI is InChI=1S/C15H18BrN3/c1-12-6-2-3-8-14(12)19(11-5-9-17)15-13(16)7-4-10-18-15/h2-4,6-8,10H,5,9,11,17H2,1H3. The van der Waals surface area contributed by atoms with Gasteiger partial charge in [-0.3, -0.25) is 0 Å². The molecule has 0 aliphatic heterocycles. The van der Waals surface area contributed by atoms with Crippen molar-refractivity contribution in [3.63, 3.8) is 0 Å². The first-order valence-corrected chi connectivity index (χ1v) is 7.17. The number of nitrogens with two attached hydrogens (primary N) is 1. The van der Waals surface area contributed by atoms with E-state index in [9.17, 15) is 0 Å². The zero-order valence-electron chi connectivity index (χ0n) is 11.0.